The number of H-pyrrole nitrogens is 1. The van der Waals surface area contributed by atoms with Gasteiger partial charge >= 0.3 is 6.15 Å². The normalized spacial score (nSPS) is 9.52. The molecule has 0 radical (unpaired) electrons. The molecule has 1 N–H and O–H groups in total. The summed E-state index contributed by atoms with van der Waals surface area (Å²) < 4.78 is 16.6. The van der Waals surface area contributed by atoms with Gasteiger partial charge in [-0.3, -0.25) is 0 Å². The summed E-state index contributed by atoms with van der Waals surface area (Å²) in [5.74, 6) is 2.06. The number of rotatable bonds is 5. The highest BCUT2D eigenvalue weighted by atomic mass is 16.5. The molecule has 0 fully saturated rings. The minimum atomic E-state index is 0.250. The number of aromatic nitrogens is 1. The average Bonchev–Trinajstić information content (AvgIpc) is 2.84. The Labute approximate surface area is 123 Å². The van der Waals surface area contributed by atoms with Gasteiger partial charge in [-0.25, -0.2) is 0 Å². The largest absolute Gasteiger partial charge is 0.493 e. The van der Waals surface area contributed by atoms with Crippen LogP contribution in [0.2, 0.25) is 0 Å². The third kappa shape index (κ3) is 3.77. The summed E-state index contributed by atoms with van der Waals surface area (Å²) in [6.45, 7) is 4.71. The summed E-state index contributed by atoms with van der Waals surface area (Å²) in [5.41, 5.74) is 2.03. The molecule has 114 valence electrons. The zero-order chi connectivity index (χ0) is 15.8. The van der Waals surface area contributed by atoms with Crippen molar-refractivity contribution in [2.45, 2.75) is 20.3 Å². The maximum Gasteiger partial charge on any atom is 0.373 e. The Morgan fingerprint density at radius 2 is 1.81 bits per heavy atom. The molecule has 0 saturated carbocycles. The molecule has 0 saturated heterocycles. The van der Waals surface area contributed by atoms with Crippen LogP contribution in [0.5, 0.6) is 17.2 Å². The SMILES string of the molecule is CCCOc1c(OC)cc2cc(C)[nH]c2c1OC.O=C=O. The van der Waals surface area contributed by atoms with Crippen LogP contribution < -0.4 is 14.2 Å². The molecule has 0 aliphatic rings. The van der Waals surface area contributed by atoms with Gasteiger partial charge in [0, 0.05) is 11.1 Å². The molecule has 0 spiro atoms. The quantitative estimate of drug-likeness (QED) is 0.917. The van der Waals surface area contributed by atoms with Crippen molar-refractivity contribution >= 4 is 17.1 Å². The summed E-state index contributed by atoms with van der Waals surface area (Å²) in [5, 5.41) is 1.06. The van der Waals surface area contributed by atoms with Crippen LogP contribution in [-0.4, -0.2) is 32.0 Å². The van der Waals surface area contributed by atoms with Gasteiger partial charge in [-0.05, 0) is 25.5 Å². The van der Waals surface area contributed by atoms with Gasteiger partial charge in [-0.15, -0.1) is 0 Å². The van der Waals surface area contributed by atoms with Crippen LogP contribution in [0, 0.1) is 6.92 Å². The van der Waals surface area contributed by atoms with Gasteiger partial charge in [0.2, 0.25) is 5.75 Å². The fourth-order valence-electron chi connectivity index (χ4n) is 2.03. The van der Waals surface area contributed by atoms with Gasteiger partial charge in [-0.2, -0.15) is 9.59 Å². The Hall–Kier alpha value is -2.46. The fourth-order valence-corrected chi connectivity index (χ4v) is 2.03. The zero-order valence-corrected chi connectivity index (χ0v) is 12.6. The van der Waals surface area contributed by atoms with Crippen molar-refractivity contribution in [2.75, 3.05) is 20.8 Å². The second-order valence-electron chi connectivity index (χ2n) is 4.29. The standard InChI is InChI=1S/C14H19NO3.CO2/c1-5-6-18-13-11(16-3)8-10-7-9(2)15-12(10)14(13)17-4;2-1-3/h7-8,15H,5-6H2,1-4H3;. The van der Waals surface area contributed by atoms with Gasteiger partial charge in [0.25, 0.3) is 0 Å². The molecule has 1 aromatic heterocycles. The Kier molecular flexibility index (Phi) is 6.30. The molecule has 0 aliphatic carbocycles. The van der Waals surface area contributed by atoms with Crippen LogP contribution in [0.1, 0.15) is 19.0 Å². The van der Waals surface area contributed by atoms with E-state index in [1.165, 1.54) is 0 Å². The first-order valence-electron chi connectivity index (χ1n) is 6.49. The van der Waals surface area contributed by atoms with Crippen LogP contribution >= 0.6 is 0 Å². The Morgan fingerprint density at radius 3 is 2.33 bits per heavy atom. The van der Waals surface area contributed by atoms with E-state index < -0.39 is 0 Å². The van der Waals surface area contributed by atoms with Gasteiger partial charge in [-0.1, -0.05) is 6.92 Å². The molecule has 2 aromatic rings. The topological polar surface area (TPSA) is 77.6 Å². The van der Waals surface area contributed by atoms with Crippen LogP contribution in [0.4, 0.5) is 0 Å². The van der Waals surface area contributed by atoms with Gasteiger partial charge < -0.3 is 19.2 Å². The van der Waals surface area contributed by atoms with E-state index in [0.717, 1.165) is 23.0 Å². The number of ether oxygens (including phenoxy) is 3. The number of aryl methyl sites for hydroxylation is 1. The summed E-state index contributed by atoms with van der Waals surface area (Å²) in [6.07, 6.45) is 1.19. The van der Waals surface area contributed by atoms with Crippen molar-refractivity contribution in [3.63, 3.8) is 0 Å². The Balaban J connectivity index is 0.000000677. The second-order valence-corrected chi connectivity index (χ2v) is 4.29. The van der Waals surface area contributed by atoms with E-state index in [1.807, 2.05) is 13.0 Å². The van der Waals surface area contributed by atoms with Crippen molar-refractivity contribution in [1.29, 1.82) is 0 Å². The number of fused-ring (bicyclic) bond motifs is 1. The van der Waals surface area contributed by atoms with Crippen molar-refractivity contribution in [1.82, 2.24) is 4.98 Å². The summed E-state index contributed by atoms with van der Waals surface area (Å²) in [7, 11) is 3.28. The number of hydrogen-bond acceptors (Lipinski definition) is 5. The lowest BCUT2D eigenvalue weighted by Crippen LogP contribution is -2.00. The molecule has 6 heteroatoms. The van der Waals surface area contributed by atoms with Crippen molar-refractivity contribution in [2.24, 2.45) is 0 Å². The second kappa shape index (κ2) is 7.97. The molecule has 21 heavy (non-hydrogen) atoms. The maximum absolute atomic E-state index is 8.12. The average molecular weight is 293 g/mol. The van der Waals surface area contributed by atoms with E-state index in [-0.39, 0.29) is 6.15 Å². The number of carbonyl (C=O) groups excluding carboxylic acids is 2. The lowest BCUT2D eigenvalue weighted by Gasteiger charge is -2.14. The Morgan fingerprint density at radius 1 is 1.14 bits per heavy atom. The van der Waals surface area contributed by atoms with Gasteiger partial charge in [0.1, 0.15) is 0 Å². The van der Waals surface area contributed by atoms with E-state index >= 15 is 0 Å². The smallest absolute Gasteiger partial charge is 0.373 e. The minimum absolute atomic E-state index is 0.250. The van der Waals surface area contributed by atoms with E-state index in [0.29, 0.717) is 23.9 Å². The summed E-state index contributed by atoms with van der Waals surface area (Å²) >= 11 is 0. The third-order valence-corrected chi connectivity index (χ3v) is 2.80. The first-order chi connectivity index (χ1) is 10.1. The molecule has 6 nitrogen and oxygen atoms in total. The van der Waals surface area contributed by atoms with Crippen LogP contribution in [-0.2, 0) is 9.59 Å². The molecular weight excluding hydrogens is 274 g/mol. The predicted octanol–water partition coefficient (Wildman–Crippen LogP) is 2.70. The van der Waals surface area contributed by atoms with Gasteiger partial charge in [0.15, 0.2) is 11.5 Å². The highest BCUT2D eigenvalue weighted by Gasteiger charge is 2.17. The van der Waals surface area contributed by atoms with Crippen molar-refractivity contribution < 1.29 is 23.8 Å². The third-order valence-electron chi connectivity index (χ3n) is 2.80. The zero-order valence-electron chi connectivity index (χ0n) is 12.6. The lowest BCUT2D eigenvalue weighted by molar-refractivity contribution is -0.191. The molecular formula is C15H19NO5. The number of methoxy groups -OCH3 is 2. The van der Waals surface area contributed by atoms with E-state index in [4.69, 9.17) is 23.8 Å². The first-order valence-corrected chi connectivity index (χ1v) is 6.49. The Bertz CT molecular complexity index is 627. The van der Waals surface area contributed by atoms with Crippen molar-refractivity contribution in [3.05, 3.63) is 17.8 Å². The van der Waals surface area contributed by atoms with Crippen molar-refractivity contribution in [3.8, 4) is 17.2 Å². The number of benzene rings is 1. The molecule has 0 bridgehead atoms. The number of hydrogen-bond donors (Lipinski definition) is 1. The van der Waals surface area contributed by atoms with E-state index in [1.54, 1.807) is 14.2 Å². The van der Waals surface area contributed by atoms with E-state index in [9.17, 15) is 0 Å². The maximum atomic E-state index is 8.12. The monoisotopic (exact) mass is 293 g/mol. The summed E-state index contributed by atoms with van der Waals surface area (Å²) in [6, 6.07) is 4.02. The van der Waals surface area contributed by atoms with Crippen LogP contribution in [0.15, 0.2) is 12.1 Å². The number of aromatic amines is 1. The van der Waals surface area contributed by atoms with E-state index in [2.05, 4.69) is 18.0 Å². The minimum Gasteiger partial charge on any atom is -0.493 e. The molecule has 1 heterocycles. The van der Waals surface area contributed by atoms with Gasteiger partial charge in [0.05, 0.1) is 26.3 Å². The highest BCUT2D eigenvalue weighted by molar-refractivity contribution is 5.91. The number of nitrogens with one attached hydrogen (secondary N) is 1. The highest BCUT2D eigenvalue weighted by Crippen LogP contribution is 2.43. The first kappa shape index (κ1) is 16.6. The molecule has 0 unspecified atom stereocenters. The predicted molar refractivity (Wildman–Crippen MR) is 76.9 cm³/mol. The molecule has 0 aliphatic heterocycles. The summed E-state index contributed by atoms with van der Waals surface area (Å²) in [4.78, 5) is 19.5. The molecule has 0 atom stereocenters. The molecule has 2 rings (SSSR count). The van der Waals surface area contributed by atoms with Crippen LogP contribution in [0.25, 0.3) is 10.9 Å². The molecule has 0 amide bonds. The lowest BCUT2D eigenvalue weighted by atomic mass is 10.2. The van der Waals surface area contributed by atoms with Crippen LogP contribution in [0.3, 0.4) is 0 Å². The fraction of sp³-hybridized carbons (Fsp3) is 0.400. The molecule has 1 aromatic carbocycles.